The van der Waals surface area contributed by atoms with Gasteiger partial charge in [0, 0.05) is 5.56 Å². The number of nitrogens with one attached hydrogen (secondary N) is 1. The topological polar surface area (TPSA) is 96.2 Å². The largest absolute Gasteiger partial charge is 0.497 e. The molecule has 3 rings (SSSR count). The zero-order chi connectivity index (χ0) is 23.1. The highest BCUT2D eigenvalue weighted by Crippen LogP contribution is 2.38. The van der Waals surface area contributed by atoms with Gasteiger partial charge >= 0.3 is 0 Å². The Labute approximate surface area is 190 Å². The second-order valence-corrected chi connectivity index (χ2v) is 6.72. The predicted molar refractivity (Wildman–Crippen MR) is 123 cm³/mol. The van der Waals surface area contributed by atoms with E-state index in [1.54, 1.807) is 57.7 Å². The van der Waals surface area contributed by atoms with E-state index in [2.05, 4.69) is 15.6 Å². The van der Waals surface area contributed by atoms with Crippen molar-refractivity contribution in [2.24, 2.45) is 5.10 Å². The van der Waals surface area contributed by atoms with Crippen LogP contribution in [0.3, 0.4) is 0 Å². The lowest BCUT2D eigenvalue weighted by Gasteiger charge is -2.14. The zero-order valence-electron chi connectivity index (χ0n) is 18.1. The molecule has 0 amide bonds. The van der Waals surface area contributed by atoms with E-state index in [9.17, 15) is 4.79 Å². The van der Waals surface area contributed by atoms with Gasteiger partial charge in [-0.15, -0.1) is 0 Å². The molecule has 1 heterocycles. The number of nitrogens with zero attached hydrogens (tertiary/aromatic N) is 3. The van der Waals surface area contributed by atoms with Gasteiger partial charge in [-0.1, -0.05) is 11.6 Å². The summed E-state index contributed by atoms with van der Waals surface area (Å²) in [6.45, 7) is 2.34. The van der Waals surface area contributed by atoms with Crippen molar-refractivity contribution in [3.05, 3.63) is 63.5 Å². The molecule has 9 nitrogen and oxygen atoms in total. The van der Waals surface area contributed by atoms with Gasteiger partial charge in [-0.25, -0.2) is 0 Å². The van der Waals surface area contributed by atoms with Crippen molar-refractivity contribution < 1.29 is 18.9 Å². The molecule has 168 valence electrons. The van der Waals surface area contributed by atoms with Gasteiger partial charge in [0.15, 0.2) is 11.5 Å². The van der Waals surface area contributed by atoms with Gasteiger partial charge in [0.05, 0.1) is 46.0 Å². The van der Waals surface area contributed by atoms with Gasteiger partial charge in [-0.3, -0.25) is 10.2 Å². The number of hydrazone groups is 1. The fourth-order valence-corrected chi connectivity index (χ4v) is 3.03. The van der Waals surface area contributed by atoms with Crippen LogP contribution < -0.4 is 29.9 Å². The van der Waals surface area contributed by atoms with E-state index in [1.165, 1.54) is 17.1 Å². The lowest BCUT2D eigenvalue weighted by molar-refractivity contribution is 0.288. The minimum Gasteiger partial charge on any atom is -0.497 e. The minimum absolute atomic E-state index is 0.0465. The number of halogens is 1. The Kier molecular flexibility index (Phi) is 7.56. The highest BCUT2D eigenvalue weighted by atomic mass is 35.5. The van der Waals surface area contributed by atoms with Crippen LogP contribution in [0.15, 0.2) is 52.5 Å². The summed E-state index contributed by atoms with van der Waals surface area (Å²) in [6.07, 6.45) is 2.96. The maximum absolute atomic E-state index is 12.6. The summed E-state index contributed by atoms with van der Waals surface area (Å²) < 4.78 is 22.7. The van der Waals surface area contributed by atoms with Crippen LogP contribution in [-0.2, 0) is 0 Å². The standard InChI is InChI=1S/C22H23ClN4O5/c1-5-32-21-18(30-3)10-14(11-19(21)31-4)12-24-26-17-13-25-27(22(28)20(17)23)15-6-8-16(29-2)9-7-15/h6-13,26H,5H2,1-4H3/b24-12-. The highest BCUT2D eigenvalue weighted by Gasteiger charge is 2.14. The fraction of sp³-hybridized carbons (Fsp3) is 0.227. The molecule has 3 aromatic rings. The first kappa shape index (κ1) is 23.0. The maximum Gasteiger partial charge on any atom is 0.292 e. The van der Waals surface area contributed by atoms with Crippen molar-refractivity contribution in [2.75, 3.05) is 33.4 Å². The Morgan fingerprint density at radius 1 is 1.09 bits per heavy atom. The maximum atomic E-state index is 12.6. The molecule has 0 saturated carbocycles. The Morgan fingerprint density at radius 3 is 2.31 bits per heavy atom. The smallest absolute Gasteiger partial charge is 0.292 e. The minimum atomic E-state index is -0.485. The third-order valence-electron chi connectivity index (χ3n) is 4.41. The summed E-state index contributed by atoms with van der Waals surface area (Å²) in [6, 6.07) is 10.4. The van der Waals surface area contributed by atoms with Crippen LogP contribution in [-0.4, -0.2) is 43.9 Å². The van der Waals surface area contributed by atoms with Crippen LogP contribution in [0.2, 0.25) is 5.02 Å². The molecule has 0 fully saturated rings. The molecule has 0 spiro atoms. The summed E-state index contributed by atoms with van der Waals surface area (Å²) in [7, 11) is 4.65. The van der Waals surface area contributed by atoms with Gasteiger partial charge < -0.3 is 18.9 Å². The number of aromatic nitrogens is 2. The van der Waals surface area contributed by atoms with Crippen LogP contribution in [0.5, 0.6) is 23.0 Å². The summed E-state index contributed by atoms with van der Waals surface area (Å²) >= 11 is 6.25. The van der Waals surface area contributed by atoms with Crippen LogP contribution in [0.4, 0.5) is 5.69 Å². The van der Waals surface area contributed by atoms with Crippen LogP contribution in [0.1, 0.15) is 12.5 Å². The molecule has 0 aliphatic rings. The third-order valence-corrected chi connectivity index (χ3v) is 4.77. The van der Waals surface area contributed by atoms with Crippen molar-refractivity contribution in [1.29, 1.82) is 0 Å². The molecule has 1 N–H and O–H groups in total. The third kappa shape index (κ3) is 4.94. The van der Waals surface area contributed by atoms with Gasteiger partial charge in [-0.2, -0.15) is 14.9 Å². The molecule has 2 aromatic carbocycles. The highest BCUT2D eigenvalue weighted by molar-refractivity contribution is 6.32. The zero-order valence-corrected chi connectivity index (χ0v) is 18.8. The van der Waals surface area contributed by atoms with Crippen LogP contribution in [0, 0.1) is 0 Å². The monoisotopic (exact) mass is 458 g/mol. The lowest BCUT2D eigenvalue weighted by Crippen LogP contribution is -2.22. The molecule has 0 atom stereocenters. The van der Waals surface area contributed by atoms with Crippen molar-refractivity contribution in [3.63, 3.8) is 0 Å². The van der Waals surface area contributed by atoms with Crippen LogP contribution >= 0.6 is 11.6 Å². The van der Waals surface area contributed by atoms with Crippen molar-refractivity contribution >= 4 is 23.5 Å². The first-order valence-corrected chi connectivity index (χ1v) is 10.00. The summed E-state index contributed by atoms with van der Waals surface area (Å²) in [5.74, 6) is 2.20. The Hall–Kier alpha value is -3.72. The van der Waals surface area contributed by atoms with Crippen molar-refractivity contribution in [3.8, 4) is 28.7 Å². The molecule has 0 aliphatic heterocycles. The van der Waals surface area contributed by atoms with E-state index >= 15 is 0 Å². The molecule has 0 bridgehead atoms. The van der Waals surface area contributed by atoms with E-state index in [0.29, 0.717) is 40.9 Å². The molecule has 32 heavy (non-hydrogen) atoms. The number of benzene rings is 2. The lowest BCUT2D eigenvalue weighted by atomic mass is 10.2. The average molecular weight is 459 g/mol. The summed E-state index contributed by atoms with van der Waals surface area (Å²) in [5.41, 5.74) is 3.77. The quantitative estimate of drug-likeness (QED) is 0.385. The first-order chi connectivity index (χ1) is 15.5. The number of methoxy groups -OCH3 is 3. The molecule has 1 aromatic heterocycles. The number of hydrogen-bond acceptors (Lipinski definition) is 8. The van der Waals surface area contributed by atoms with Crippen molar-refractivity contribution in [1.82, 2.24) is 9.78 Å². The molecule has 10 heteroatoms. The second kappa shape index (κ2) is 10.5. The van der Waals surface area contributed by atoms with E-state index in [-0.39, 0.29) is 10.7 Å². The summed E-state index contributed by atoms with van der Waals surface area (Å²) in [5, 5.41) is 8.27. The fourth-order valence-electron chi connectivity index (χ4n) is 2.86. The SMILES string of the molecule is CCOc1c(OC)cc(/C=N\Nc2cnn(-c3ccc(OC)cc3)c(=O)c2Cl)cc1OC. The normalized spacial score (nSPS) is 10.8. The molecule has 0 saturated heterocycles. The molecular formula is C22H23ClN4O5. The van der Waals surface area contributed by atoms with Gasteiger partial charge in [0.1, 0.15) is 16.5 Å². The number of anilines is 1. The number of ether oxygens (including phenoxy) is 4. The van der Waals surface area contributed by atoms with Gasteiger partial charge in [-0.05, 0) is 43.3 Å². The van der Waals surface area contributed by atoms with Crippen molar-refractivity contribution in [2.45, 2.75) is 6.92 Å². The number of rotatable bonds is 9. The number of hydrogen-bond donors (Lipinski definition) is 1. The summed E-state index contributed by atoms with van der Waals surface area (Å²) in [4.78, 5) is 12.6. The Balaban J connectivity index is 1.82. The molecular weight excluding hydrogens is 436 g/mol. The first-order valence-electron chi connectivity index (χ1n) is 9.62. The van der Waals surface area contributed by atoms with Gasteiger partial charge in [0.2, 0.25) is 5.75 Å². The van der Waals surface area contributed by atoms with E-state index in [1.807, 2.05) is 6.92 Å². The van der Waals surface area contributed by atoms with Gasteiger partial charge in [0.25, 0.3) is 5.56 Å². The van der Waals surface area contributed by atoms with E-state index in [0.717, 1.165) is 0 Å². The average Bonchev–Trinajstić information content (AvgIpc) is 2.82. The Morgan fingerprint density at radius 2 is 1.75 bits per heavy atom. The molecule has 0 aliphatic carbocycles. The molecule has 0 radical (unpaired) electrons. The Bertz CT molecular complexity index is 1140. The predicted octanol–water partition coefficient (Wildman–Crippen LogP) is 3.76. The van der Waals surface area contributed by atoms with Crippen LogP contribution in [0.25, 0.3) is 5.69 Å². The second-order valence-electron chi connectivity index (χ2n) is 6.34. The molecule has 0 unspecified atom stereocenters. The van der Waals surface area contributed by atoms with E-state index in [4.69, 9.17) is 30.5 Å². The van der Waals surface area contributed by atoms with E-state index < -0.39 is 5.56 Å².